The quantitative estimate of drug-likeness (QED) is 0.812. The molecule has 1 fully saturated rings. The summed E-state index contributed by atoms with van der Waals surface area (Å²) in [6.07, 6.45) is 2.00. The number of hydrogen-bond acceptors (Lipinski definition) is 3. The fourth-order valence-electron chi connectivity index (χ4n) is 2.67. The molecule has 0 saturated heterocycles. The Bertz CT molecular complexity index is 726. The number of carbonyl (C=O) groups excluding carboxylic acids is 1. The number of benzene rings is 2. The van der Waals surface area contributed by atoms with Gasteiger partial charge in [0.15, 0.2) is 11.5 Å². The Morgan fingerprint density at radius 3 is 2.33 bits per heavy atom. The highest BCUT2D eigenvalue weighted by Crippen LogP contribution is 2.32. The van der Waals surface area contributed by atoms with E-state index in [1.54, 1.807) is 44.6 Å². The van der Waals surface area contributed by atoms with Gasteiger partial charge in [-0.25, -0.2) is 4.39 Å². The van der Waals surface area contributed by atoms with Crippen molar-refractivity contribution in [2.24, 2.45) is 0 Å². The van der Waals surface area contributed by atoms with E-state index in [-0.39, 0.29) is 17.8 Å². The molecule has 0 atom stereocenters. The summed E-state index contributed by atoms with van der Waals surface area (Å²) >= 11 is 0. The Kier molecular flexibility index (Phi) is 4.69. The Hall–Kier alpha value is -2.56. The van der Waals surface area contributed by atoms with Crippen LogP contribution in [0.5, 0.6) is 11.5 Å². The van der Waals surface area contributed by atoms with Crippen molar-refractivity contribution in [2.75, 3.05) is 14.2 Å². The molecule has 126 valence electrons. The minimum atomic E-state index is -0.275. The van der Waals surface area contributed by atoms with Gasteiger partial charge in [0.25, 0.3) is 5.91 Å². The first-order valence-corrected chi connectivity index (χ1v) is 7.90. The number of hydrogen-bond donors (Lipinski definition) is 0. The van der Waals surface area contributed by atoms with Crippen LogP contribution in [0.25, 0.3) is 0 Å². The highest BCUT2D eigenvalue weighted by atomic mass is 19.1. The lowest BCUT2D eigenvalue weighted by atomic mass is 10.1. The predicted octanol–water partition coefficient (Wildman–Crippen LogP) is 3.65. The van der Waals surface area contributed by atoms with Crippen LogP contribution in [0.3, 0.4) is 0 Å². The van der Waals surface area contributed by atoms with Gasteiger partial charge in [-0.2, -0.15) is 0 Å². The van der Waals surface area contributed by atoms with Gasteiger partial charge in [0, 0.05) is 18.2 Å². The summed E-state index contributed by atoms with van der Waals surface area (Å²) in [4.78, 5) is 14.8. The topological polar surface area (TPSA) is 38.8 Å². The minimum Gasteiger partial charge on any atom is -0.493 e. The van der Waals surface area contributed by atoms with Gasteiger partial charge < -0.3 is 14.4 Å². The lowest BCUT2D eigenvalue weighted by Crippen LogP contribution is -2.32. The van der Waals surface area contributed by atoms with Crippen LogP contribution in [0, 0.1) is 5.82 Å². The van der Waals surface area contributed by atoms with E-state index >= 15 is 0 Å². The van der Waals surface area contributed by atoms with Gasteiger partial charge in [-0.3, -0.25) is 4.79 Å². The molecule has 1 aliphatic carbocycles. The Morgan fingerprint density at radius 2 is 1.75 bits per heavy atom. The first-order valence-electron chi connectivity index (χ1n) is 7.90. The molecular formula is C19H20FNO3. The van der Waals surface area contributed by atoms with Gasteiger partial charge >= 0.3 is 0 Å². The average Bonchev–Trinajstić information content (AvgIpc) is 3.45. The van der Waals surface area contributed by atoms with Crippen molar-refractivity contribution in [2.45, 2.75) is 25.4 Å². The van der Waals surface area contributed by atoms with Crippen LogP contribution in [0.15, 0.2) is 42.5 Å². The van der Waals surface area contributed by atoms with Gasteiger partial charge in [0.05, 0.1) is 14.2 Å². The fraction of sp³-hybridized carbons (Fsp3) is 0.316. The van der Waals surface area contributed by atoms with Crippen LogP contribution in [-0.4, -0.2) is 31.1 Å². The third-order valence-corrected chi connectivity index (χ3v) is 4.15. The lowest BCUT2D eigenvalue weighted by molar-refractivity contribution is 0.0729. The van der Waals surface area contributed by atoms with Gasteiger partial charge in [0.2, 0.25) is 0 Å². The number of methoxy groups -OCH3 is 2. The molecule has 3 rings (SSSR count). The second kappa shape index (κ2) is 6.91. The van der Waals surface area contributed by atoms with Gasteiger partial charge in [-0.1, -0.05) is 12.1 Å². The van der Waals surface area contributed by atoms with E-state index in [0.29, 0.717) is 23.6 Å². The van der Waals surface area contributed by atoms with E-state index < -0.39 is 0 Å². The number of nitrogens with zero attached hydrogens (tertiary/aromatic N) is 1. The molecule has 2 aromatic carbocycles. The van der Waals surface area contributed by atoms with E-state index in [4.69, 9.17) is 9.47 Å². The fourth-order valence-corrected chi connectivity index (χ4v) is 2.67. The summed E-state index contributed by atoms with van der Waals surface area (Å²) in [6.45, 7) is 0.470. The van der Waals surface area contributed by atoms with E-state index in [9.17, 15) is 9.18 Å². The van der Waals surface area contributed by atoms with Crippen molar-refractivity contribution >= 4 is 5.91 Å². The molecule has 0 N–H and O–H groups in total. The first-order chi connectivity index (χ1) is 11.6. The largest absolute Gasteiger partial charge is 0.493 e. The van der Waals surface area contributed by atoms with E-state index in [0.717, 1.165) is 18.4 Å². The number of halogens is 1. The van der Waals surface area contributed by atoms with Crippen LogP contribution in [-0.2, 0) is 6.54 Å². The molecule has 4 nitrogen and oxygen atoms in total. The summed E-state index contributed by atoms with van der Waals surface area (Å²) in [5, 5.41) is 0. The second-order valence-electron chi connectivity index (χ2n) is 5.86. The maximum absolute atomic E-state index is 13.1. The molecule has 0 unspecified atom stereocenters. The Balaban J connectivity index is 1.83. The predicted molar refractivity (Wildman–Crippen MR) is 88.8 cm³/mol. The summed E-state index contributed by atoms with van der Waals surface area (Å²) < 4.78 is 23.6. The second-order valence-corrected chi connectivity index (χ2v) is 5.86. The maximum atomic E-state index is 13.1. The molecule has 1 saturated carbocycles. The molecule has 5 heteroatoms. The standard InChI is InChI=1S/C19H20FNO3/c1-23-17-10-5-14(11-18(17)24-2)19(22)21(16-8-9-16)12-13-3-6-15(20)7-4-13/h3-7,10-11,16H,8-9,12H2,1-2H3. The molecule has 2 aromatic rings. The number of rotatable bonds is 6. The van der Waals surface area contributed by atoms with Crippen LogP contribution < -0.4 is 9.47 Å². The maximum Gasteiger partial charge on any atom is 0.254 e. The number of carbonyl (C=O) groups is 1. The first kappa shape index (κ1) is 16.3. The summed E-state index contributed by atoms with van der Waals surface area (Å²) in [7, 11) is 3.10. The summed E-state index contributed by atoms with van der Waals surface area (Å²) in [6, 6.07) is 11.7. The van der Waals surface area contributed by atoms with Crippen molar-refractivity contribution in [3.8, 4) is 11.5 Å². The highest BCUT2D eigenvalue weighted by Gasteiger charge is 2.33. The lowest BCUT2D eigenvalue weighted by Gasteiger charge is -2.23. The van der Waals surface area contributed by atoms with E-state index in [2.05, 4.69) is 0 Å². The smallest absolute Gasteiger partial charge is 0.254 e. The van der Waals surface area contributed by atoms with Crippen molar-refractivity contribution < 1.29 is 18.7 Å². The van der Waals surface area contributed by atoms with Crippen LogP contribution in [0.4, 0.5) is 4.39 Å². The minimum absolute atomic E-state index is 0.0530. The van der Waals surface area contributed by atoms with Gasteiger partial charge in [-0.15, -0.1) is 0 Å². The Morgan fingerprint density at radius 1 is 1.08 bits per heavy atom. The molecule has 0 aromatic heterocycles. The van der Waals surface area contributed by atoms with Crippen molar-refractivity contribution in [1.82, 2.24) is 4.90 Å². The third-order valence-electron chi connectivity index (χ3n) is 4.15. The number of amides is 1. The molecule has 0 aliphatic heterocycles. The van der Waals surface area contributed by atoms with Gasteiger partial charge in [0.1, 0.15) is 5.82 Å². The molecule has 1 aliphatic rings. The number of ether oxygens (including phenoxy) is 2. The van der Waals surface area contributed by atoms with E-state index in [1.165, 1.54) is 12.1 Å². The van der Waals surface area contributed by atoms with Gasteiger partial charge in [-0.05, 0) is 48.7 Å². The zero-order valence-electron chi connectivity index (χ0n) is 13.8. The Labute approximate surface area is 140 Å². The zero-order valence-corrected chi connectivity index (χ0v) is 13.8. The molecule has 24 heavy (non-hydrogen) atoms. The molecular weight excluding hydrogens is 309 g/mol. The SMILES string of the molecule is COc1ccc(C(=O)N(Cc2ccc(F)cc2)C2CC2)cc1OC. The van der Waals surface area contributed by atoms with Crippen LogP contribution in [0.2, 0.25) is 0 Å². The van der Waals surface area contributed by atoms with Crippen molar-refractivity contribution in [3.05, 3.63) is 59.4 Å². The van der Waals surface area contributed by atoms with Crippen molar-refractivity contribution in [1.29, 1.82) is 0 Å². The van der Waals surface area contributed by atoms with Crippen LogP contribution >= 0.6 is 0 Å². The zero-order chi connectivity index (χ0) is 17.1. The molecule has 0 bridgehead atoms. The highest BCUT2D eigenvalue weighted by molar-refractivity contribution is 5.95. The normalized spacial score (nSPS) is 13.5. The van der Waals surface area contributed by atoms with Crippen molar-refractivity contribution in [3.63, 3.8) is 0 Å². The summed E-state index contributed by atoms with van der Waals surface area (Å²) in [5.41, 5.74) is 1.47. The molecule has 1 amide bonds. The summed E-state index contributed by atoms with van der Waals surface area (Å²) in [5.74, 6) is 0.789. The average molecular weight is 329 g/mol. The molecule has 0 spiro atoms. The monoisotopic (exact) mass is 329 g/mol. The van der Waals surface area contributed by atoms with Crippen LogP contribution in [0.1, 0.15) is 28.8 Å². The molecule has 0 heterocycles. The third kappa shape index (κ3) is 3.50. The molecule has 0 radical (unpaired) electrons. The van der Waals surface area contributed by atoms with E-state index in [1.807, 2.05) is 4.90 Å².